The molecule has 4 aromatic carbocycles. The summed E-state index contributed by atoms with van der Waals surface area (Å²) in [5.74, 6) is -1.22. The fraction of sp³-hybridized carbons (Fsp3) is 0.500. The largest absolute Gasteiger partial charge is 0.507 e. The molecule has 0 fully saturated rings. The van der Waals surface area contributed by atoms with E-state index in [1.54, 1.807) is 13.8 Å². The molecule has 0 atom stereocenters. The first-order valence-corrected chi connectivity index (χ1v) is 21.3. The molecule has 0 radical (unpaired) electrons. The number of carbonyl (C=O) groups is 2. The minimum Gasteiger partial charge on any atom is -0.507 e. The van der Waals surface area contributed by atoms with E-state index in [2.05, 4.69) is 83.1 Å². The van der Waals surface area contributed by atoms with Crippen LogP contribution in [-0.2, 0) is 66.4 Å². The number of carbonyl (C=O) groups excluding carboxylic acids is 2. The molecule has 0 unspecified atom stereocenters. The fourth-order valence-electron chi connectivity index (χ4n) is 7.70. The first-order chi connectivity index (χ1) is 27.6. The van der Waals surface area contributed by atoms with Gasteiger partial charge in [0, 0.05) is 25.7 Å². The Kier molecular flexibility index (Phi) is 12.7. The zero-order valence-electron chi connectivity index (χ0n) is 38.7. The van der Waals surface area contributed by atoms with Crippen molar-refractivity contribution in [1.82, 2.24) is 0 Å². The second-order valence-electron chi connectivity index (χ2n) is 20.8. The molecule has 4 aromatic rings. The molecule has 8 bridgehead atoms. The van der Waals surface area contributed by atoms with Gasteiger partial charge in [-0.1, -0.05) is 132 Å². The topological polar surface area (TPSA) is 123 Å². The highest BCUT2D eigenvalue weighted by Gasteiger charge is 2.48. The van der Waals surface area contributed by atoms with Gasteiger partial charge in [0.2, 0.25) is 0 Å². The van der Waals surface area contributed by atoms with Crippen molar-refractivity contribution < 1.29 is 39.1 Å². The Hall–Kier alpha value is -4.98. The fourth-order valence-corrected chi connectivity index (χ4v) is 7.70. The zero-order chi connectivity index (χ0) is 44.9. The maximum absolute atomic E-state index is 13.8. The van der Waals surface area contributed by atoms with Gasteiger partial charge in [0.15, 0.2) is 0 Å². The lowest BCUT2D eigenvalue weighted by molar-refractivity contribution is -0.177. The Morgan fingerprint density at radius 1 is 0.433 bits per heavy atom. The molecule has 0 spiro atoms. The number of hydrogen-bond acceptors (Lipinski definition) is 8. The number of phenols is 3. The standard InChI is InChI=1S/C52H68O8/c1-16-58-46(56)52(15,47(57)59-17-2)60-45-36-20-34-26-39(49(6,7)8)24-32(43(34)54)18-30-22-38(48(3,4)5)23-31(42(30)53)19-33-25-40(50(9,10)11)27-35(44(33)55)21-37(45)29-41(28-36)51(12,13)14/h22-29,53-55H,16-21H2,1-15H3. The van der Waals surface area contributed by atoms with Crippen LogP contribution < -0.4 is 4.74 Å². The van der Waals surface area contributed by atoms with Gasteiger partial charge in [-0.2, -0.15) is 0 Å². The van der Waals surface area contributed by atoms with Crippen molar-refractivity contribution >= 4 is 11.9 Å². The van der Waals surface area contributed by atoms with Crippen LogP contribution in [0.2, 0.25) is 0 Å². The van der Waals surface area contributed by atoms with Crippen LogP contribution in [0.25, 0.3) is 0 Å². The third-order valence-corrected chi connectivity index (χ3v) is 11.7. The number of benzene rings is 4. The van der Waals surface area contributed by atoms with Crippen LogP contribution in [0.3, 0.4) is 0 Å². The number of aromatic hydroxyl groups is 3. The Bertz CT molecular complexity index is 2150. The average molecular weight is 821 g/mol. The van der Waals surface area contributed by atoms with E-state index in [0.29, 0.717) is 44.5 Å². The number of fused-ring (bicyclic) bond motifs is 8. The molecule has 3 N–H and O–H groups in total. The first kappa shape index (κ1) is 46.1. The third kappa shape index (κ3) is 9.64. The van der Waals surface area contributed by atoms with Gasteiger partial charge in [-0.3, -0.25) is 0 Å². The Morgan fingerprint density at radius 2 is 0.650 bits per heavy atom. The van der Waals surface area contributed by atoms with Crippen molar-refractivity contribution in [2.24, 2.45) is 0 Å². The van der Waals surface area contributed by atoms with Crippen LogP contribution in [0.15, 0.2) is 48.5 Å². The van der Waals surface area contributed by atoms with Crippen molar-refractivity contribution in [1.29, 1.82) is 0 Å². The van der Waals surface area contributed by atoms with Crippen LogP contribution in [-0.4, -0.2) is 46.1 Å². The zero-order valence-corrected chi connectivity index (χ0v) is 38.7. The molecule has 60 heavy (non-hydrogen) atoms. The molecular weight excluding hydrogens is 753 g/mol. The van der Waals surface area contributed by atoms with Crippen LogP contribution in [0.4, 0.5) is 0 Å². The van der Waals surface area contributed by atoms with Crippen LogP contribution in [0.5, 0.6) is 23.0 Å². The summed E-state index contributed by atoms with van der Waals surface area (Å²) in [6.07, 6.45) is 0.806. The SMILES string of the molecule is CCOC(=O)C(C)(Oc1c2cc(C(C)(C)C)cc1Cc1cc(C(C)(C)C)cc(c1O)Cc1cc(C(C)(C)C)cc(c1O)Cc1cc(C(C)(C)C)cc(c1O)C2)C(=O)OCC. The summed E-state index contributed by atoms with van der Waals surface area (Å²) in [6.45, 7) is 30.2. The highest BCUT2D eigenvalue weighted by molar-refractivity contribution is 6.03. The van der Waals surface area contributed by atoms with Crippen LogP contribution in [0.1, 0.15) is 171 Å². The van der Waals surface area contributed by atoms with E-state index in [4.69, 9.17) is 14.2 Å². The second-order valence-corrected chi connectivity index (χ2v) is 20.8. The monoisotopic (exact) mass is 820 g/mol. The molecule has 0 saturated carbocycles. The molecule has 1 aliphatic rings. The predicted octanol–water partition coefficient (Wildman–Crippen LogP) is 10.9. The van der Waals surface area contributed by atoms with Gasteiger partial charge >= 0.3 is 11.9 Å². The maximum Gasteiger partial charge on any atom is 0.362 e. The minimum atomic E-state index is -2.19. The molecule has 324 valence electrons. The van der Waals surface area contributed by atoms with E-state index in [0.717, 1.165) is 22.3 Å². The molecule has 0 saturated heterocycles. The van der Waals surface area contributed by atoms with Crippen LogP contribution >= 0.6 is 0 Å². The smallest absolute Gasteiger partial charge is 0.362 e. The van der Waals surface area contributed by atoms with E-state index < -0.39 is 17.5 Å². The van der Waals surface area contributed by atoms with Crippen molar-refractivity contribution in [3.63, 3.8) is 0 Å². The Labute approximate surface area is 358 Å². The summed E-state index contributed by atoms with van der Waals surface area (Å²) in [5, 5.41) is 36.8. The van der Waals surface area contributed by atoms with Gasteiger partial charge in [0.25, 0.3) is 5.60 Å². The van der Waals surface area contributed by atoms with E-state index in [1.165, 1.54) is 6.92 Å². The van der Waals surface area contributed by atoms with E-state index in [-0.39, 0.29) is 83.6 Å². The third-order valence-electron chi connectivity index (χ3n) is 11.7. The molecule has 0 aromatic heterocycles. The van der Waals surface area contributed by atoms with Gasteiger partial charge in [0.1, 0.15) is 23.0 Å². The summed E-state index contributed by atoms with van der Waals surface area (Å²) in [6, 6.07) is 16.1. The Morgan fingerprint density at radius 3 is 0.867 bits per heavy atom. The van der Waals surface area contributed by atoms with Crippen molar-refractivity contribution in [2.45, 2.75) is 157 Å². The minimum absolute atomic E-state index is 0.0151. The van der Waals surface area contributed by atoms with Gasteiger partial charge in [-0.05, 0) is 109 Å². The van der Waals surface area contributed by atoms with Crippen molar-refractivity contribution in [3.8, 4) is 23.0 Å². The van der Waals surface area contributed by atoms with E-state index >= 15 is 0 Å². The number of esters is 2. The van der Waals surface area contributed by atoms with Gasteiger partial charge in [-0.25, -0.2) is 9.59 Å². The molecule has 8 nitrogen and oxygen atoms in total. The first-order valence-electron chi connectivity index (χ1n) is 21.3. The van der Waals surface area contributed by atoms with Crippen LogP contribution in [0, 0.1) is 0 Å². The average Bonchev–Trinajstić information content (AvgIpc) is 3.11. The van der Waals surface area contributed by atoms with E-state index in [9.17, 15) is 24.9 Å². The highest BCUT2D eigenvalue weighted by atomic mass is 16.6. The second kappa shape index (κ2) is 16.5. The summed E-state index contributed by atoms with van der Waals surface area (Å²) in [4.78, 5) is 27.6. The van der Waals surface area contributed by atoms with Gasteiger partial charge in [-0.15, -0.1) is 0 Å². The molecule has 0 amide bonds. The number of ether oxygens (including phenoxy) is 3. The summed E-state index contributed by atoms with van der Waals surface area (Å²) in [5.41, 5.74) is 5.67. The van der Waals surface area contributed by atoms with Gasteiger partial charge in [0.05, 0.1) is 13.2 Å². The number of hydrogen-bond donors (Lipinski definition) is 3. The molecule has 0 aliphatic heterocycles. The quantitative estimate of drug-likeness (QED) is 0.114. The lowest BCUT2D eigenvalue weighted by Crippen LogP contribution is -2.51. The lowest BCUT2D eigenvalue weighted by Gasteiger charge is -2.31. The lowest BCUT2D eigenvalue weighted by atomic mass is 9.79. The molecule has 0 heterocycles. The summed E-state index contributed by atoms with van der Waals surface area (Å²) in [7, 11) is 0. The van der Waals surface area contributed by atoms with Crippen molar-refractivity contribution in [2.75, 3.05) is 13.2 Å². The summed E-state index contributed by atoms with van der Waals surface area (Å²) >= 11 is 0. The number of rotatable bonds is 6. The van der Waals surface area contributed by atoms with Gasteiger partial charge < -0.3 is 29.5 Å². The van der Waals surface area contributed by atoms with Crippen molar-refractivity contribution in [3.05, 3.63) is 115 Å². The highest BCUT2D eigenvalue weighted by Crippen LogP contribution is 2.44. The summed E-state index contributed by atoms with van der Waals surface area (Å²) < 4.78 is 17.7. The molecular formula is C52H68O8. The predicted molar refractivity (Wildman–Crippen MR) is 239 cm³/mol. The maximum atomic E-state index is 13.8. The van der Waals surface area contributed by atoms with E-state index in [1.807, 2.05) is 48.5 Å². The molecule has 5 rings (SSSR count). The number of phenolic OH excluding ortho intramolecular Hbond substituents is 3. The normalized spacial score (nSPS) is 13.8. The Balaban J connectivity index is 1.98. The molecule has 1 aliphatic carbocycles. The molecule has 8 heteroatoms.